The number of ether oxygens (including phenoxy) is 2. The first-order valence-electron chi connectivity index (χ1n) is 15.2. The Labute approximate surface area is 268 Å². The van der Waals surface area contributed by atoms with Gasteiger partial charge in [-0.1, -0.05) is 32.9 Å². The van der Waals surface area contributed by atoms with Gasteiger partial charge in [0.15, 0.2) is 0 Å². The largest absolute Gasteiger partial charge is 0.476 e. The zero-order valence-electron chi connectivity index (χ0n) is 26.6. The van der Waals surface area contributed by atoms with Crippen molar-refractivity contribution < 1.29 is 23.9 Å². The molecule has 2 aromatic heterocycles. The highest BCUT2D eigenvalue weighted by Crippen LogP contribution is 2.38. The number of hydrogen-bond donors (Lipinski definition) is 3. The lowest BCUT2D eigenvalue weighted by Gasteiger charge is -2.41. The summed E-state index contributed by atoms with van der Waals surface area (Å²) in [4.78, 5) is 48.8. The molecule has 4 heterocycles. The van der Waals surface area contributed by atoms with Crippen LogP contribution in [-0.4, -0.2) is 90.7 Å². The van der Waals surface area contributed by atoms with E-state index in [4.69, 9.17) is 9.47 Å². The van der Waals surface area contributed by atoms with Gasteiger partial charge in [-0.25, -0.2) is 9.78 Å². The fourth-order valence-electron chi connectivity index (χ4n) is 5.20. The average Bonchev–Trinajstić information content (AvgIpc) is 3.43. The zero-order valence-corrected chi connectivity index (χ0v) is 27.4. The van der Waals surface area contributed by atoms with E-state index >= 15 is 0 Å². The Morgan fingerprint density at radius 2 is 1.84 bits per heavy atom. The molecule has 0 saturated carbocycles. The summed E-state index contributed by atoms with van der Waals surface area (Å²) in [5, 5.41) is 9.06. The molecule has 3 N–H and O–H groups in total. The van der Waals surface area contributed by atoms with Crippen molar-refractivity contribution in [3.63, 3.8) is 0 Å². The van der Waals surface area contributed by atoms with Gasteiger partial charge >= 0.3 is 6.03 Å². The molecule has 0 radical (unpaired) electrons. The van der Waals surface area contributed by atoms with Crippen LogP contribution in [0.4, 0.5) is 15.5 Å². The van der Waals surface area contributed by atoms with E-state index in [-0.39, 0.29) is 17.2 Å². The monoisotopic (exact) mass is 634 g/mol. The van der Waals surface area contributed by atoms with Gasteiger partial charge in [0, 0.05) is 61.1 Å². The van der Waals surface area contributed by atoms with Crippen LogP contribution in [-0.2, 0) is 14.9 Å². The molecule has 2 aliphatic heterocycles. The van der Waals surface area contributed by atoms with Gasteiger partial charge in [0.25, 0.3) is 5.91 Å². The number of nitrogens with zero attached hydrogens (tertiary/aromatic N) is 3. The van der Waals surface area contributed by atoms with Gasteiger partial charge in [-0.15, -0.1) is 11.3 Å². The van der Waals surface area contributed by atoms with Crippen molar-refractivity contribution in [3.8, 4) is 17.0 Å². The third-order valence-electron chi connectivity index (χ3n) is 7.98. The first-order chi connectivity index (χ1) is 21.4. The van der Waals surface area contributed by atoms with Crippen LogP contribution in [0.5, 0.6) is 5.88 Å². The summed E-state index contributed by atoms with van der Waals surface area (Å²) >= 11 is 1.37. The van der Waals surface area contributed by atoms with Crippen molar-refractivity contribution in [3.05, 3.63) is 59.1 Å². The number of aromatic nitrogens is 1. The molecule has 5 rings (SSSR count). The van der Waals surface area contributed by atoms with Gasteiger partial charge in [0.2, 0.25) is 11.8 Å². The van der Waals surface area contributed by atoms with Gasteiger partial charge in [-0.2, -0.15) is 0 Å². The molecule has 0 atom stereocenters. The lowest BCUT2D eigenvalue weighted by atomic mass is 9.93. The minimum atomic E-state index is -1.01. The third kappa shape index (κ3) is 7.81. The highest BCUT2D eigenvalue weighted by molar-refractivity contribution is 7.16. The van der Waals surface area contributed by atoms with Crippen LogP contribution >= 0.6 is 11.3 Å². The second-order valence-electron chi connectivity index (χ2n) is 12.7. The summed E-state index contributed by atoms with van der Waals surface area (Å²) in [5.74, 6) is 0.0618. The molecule has 2 fully saturated rings. The predicted molar refractivity (Wildman–Crippen MR) is 176 cm³/mol. The van der Waals surface area contributed by atoms with Gasteiger partial charge in [0.1, 0.15) is 17.1 Å². The summed E-state index contributed by atoms with van der Waals surface area (Å²) in [6, 6.07) is 12.6. The normalized spacial score (nSPS) is 17.0. The molecule has 3 aromatic rings. The number of benzene rings is 1. The molecule has 0 aliphatic carbocycles. The molecular formula is C33H42N6O5S. The fraction of sp³-hybridized carbons (Fsp3) is 0.455. The van der Waals surface area contributed by atoms with Crippen LogP contribution in [0.15, 0.2) is 48.7 Å². The number of rotatable bonds is 8. The molecule has 0 unspecified atom stereocenters. The van der Waals surface area contributed by atoms with Gasteiger partial charge in [-0.05, 0) is 49.1 Å². The summed E-state index contributed by atoms with van der Waals surface area (Å²) in [7, 11) is 0. The number of pyridine rings is 1. The second-order valence-corrected chi connectivity index (χ2v) is 13.8. The second kappa shape index (κ2) is 13.6. The van der Waals surface area contributed by atoms with Crippen LogP contribution < -0.4 is 20.7 Å². The van der Waals surface area contributed by atoms with Crippen molar-refractivity contribution in [2.45, 2.75) is 45.6 Å². The van der Waals surface area contributed by atoms with Crippen LogP contribution in [0.2, 0.25) is 0 Å². The molecule has 11 nitrogen and oxygen atoms in total. The first kappa shape index (κ1) is 32.4. The molecule has 240 valence electrons. The van der Waals surface area contributed by atoms with E-state index in [2.05, 4.69) is 46.6 Å². The molecule has 1 aromatic carbocycles. The van der Waals surface area contributed by atoms with Crippen molar-refractivity contribution in [1.82, 2.24) is 20.1 Å². The number of thiophene rings is 1. The van der Waals surface area contributed by atoms with Crippen molar-refractivity contribution >= 4 is 39.9 Å². The van der Waals surface area contributed by atoms with Crippen molar-refractivity contribution in [2.75, 3.05) is 63.2 Å². The summed E-state index contributed by atoms with van der Waals surface area (Å²) in [5.41, 5.74) is 1.47. The van der Waals surface area contributed by atoms with Gasteiger partial charge in [0.05, 0.1) is 18.8 Å². The molecule has 0 spiro atoms. The van der Waals surface area contributed by atoms with E-state index in [1.807, 2.05) is 36.4 Å². The number of carbonyl (C=O) groups excluding carboxylic acids is 3. The van der Waals surface area contributed by atoms with Crippen LogP contribution in [0.3, 0.4) is 0 Å². The van der Waals surface area contributed by atoms with E-state index in [1.54, 1.807) is 31.0 Å². The number of urea groups is 1. The SMILES string of the molecule is CC(C)(C)c1cc(C(=O)N2CCNC(=O)C2(C)C)c(NC(=O)Nc2cccc(-c3ccc(OCCN4CCOCC4)nc3)c2)s1. The van der Waals surface area contributed by atoms with E-state index in [1.165, 1.54) is 11.3 Å². The number of carbonyl (C=O) groups is 3. The first-order valence-corrected chi connectivity index (χ1v) is 16.1. The quantitative estimate of drug-likeness (QED) is 0.325. The van der Waals surface area contributed by atoms with Crippen molar-refractivity contribution in [1.29, 1.82) is 0 Å². The Hall–Kier alpha value is -4.00. The number of nitrogens with one attached hydrogen (secondary N) is 3. The Morgan fingerprint density at radius 3 is 2.56 bits per heavy atom. The molecule has 0 bridgehead atoms. The Kier molecular flexibility index (Phi) is 9.76. The van der Waals surface area contributed by atoms with Gasteiger partial charge in [-0.3, -0.25) is 19.8 Å². The van der Waals surface area contributed by atoms with Crippen molar-refractivity contribution in [2.24, 2.45) is 0 Å². The molecule has 2 saturated heterocycles. The Bertz CT molecular complexity index is 1530. The zero-order chi connectivity index (χ0) is 32.2. The topological polar surface area (TPSA) is 125 Å². The number of anilines is 2. The lowest BCUT2D eigenvalue weighted by Crippen LogP contribution is -2.63. The highest BCUT2D eigenvalue weighted by atomic mass is 32.1. The molecule has 4 amide bonds. The van der Waals surface area contributed by atoms with E-state index < -0.39 is 11.6 Å². The number of amides is 4. The maximum absolute atomic E-state index is 13.8. The summed E-state index contributed by atoms with van der Waals surface area (Å²) in [6.45, 7) is 15.1. The van der Waals surface area contributed by atoms with Crippen LogP contribution in [0, 0.1) is 0 Å². The average molecular weight is 635 g/mol. The lowest BCUT2D eigenvalue weighted by molar-refractivity contribution is -0.133. The van der Waals surface area contributed by atoms with E-state index in [0.29, 0.717) is 41.8 Å². The van der Waals surface area contributed by atoms with Crippen LogP contribution in [0.25, 0.3) is 11.1 Å². The Balaban J connectivity index is 1.25. The number of hydrogen-bond acceptors (Lipinski definition) is 8. The summed E-state index contributed by atoms with van der Waals surface area (Å²) in [6.07, 6.45) is 1.75. The molecule has 45 heavy (non-hydrogen) atoms. The minimum Gasteiger partial charge on any atom is -0.476 e. The van der Waals surface area contributed by atoms with E-state index in [9.17, 15) is 14.4 Å². The number of morpholine rings is 1. The molecular weight excluding hydrogens is 592 g/mol. The maximum Gasteiger partial charge on any atom is 0.324 e. The maximum atomic E-state index is 13.8. The third-order valence-corrected chi connectivity index (χ3v) is 9.45. The highest BCUT2D eigenvalue weighted by Gasteiger charge is 2.42. The number of piperazine rings is 1. The summed E-state index contributed by atoms with van der Waals surface area (Å²) < 4.78 is 11.2. The standard InChI is InChI=1S/C33H42N6O5S/c1-32(2,3)26-20-25(29(40)39-12-11-34-30(41)33(39,4)5)28(45-26)37-31(42)36-24-8-6-7-22(19-24)23-9-10-27(35-21-23)44-18-15-38-13-16-43-17-14-38/h6-10,19-21H,11-18H2,1-5H3,(H,34,41)(H2,36,37,42). The fourth-order valence-corrected chi connectivity index (χ4v) is 6.30. The predicted octanol–water partition coefficient (Wildman–Crippen LogP) is 4.81. The van der Waals surface area contributed by atoms with Gasteiger partial charge < -0.3 is 25.0 Å². The molecule has 2 aliphatic rings. The minimum absolute atomic E-state index is 0.207. The van der Waals surface area contributed by atoms with Crippen LogP contribution in [0.1, 0.15) is 49.9 Å². The molecule has 12 heteroatoms. The smallest absolute Gasteiger partial charge is 0.324 e. The van der Waals surface area contributed by atoms with E-state index in [0.717, 1.165) is 48.9 Å². The Morgan fingerprint density at radius 1 is 1.07 bits per heavy atom.